The summed E-state index contributed by atoms with van der Waals surface area (Å²) in [4.78, 5) is 17.1. The summed E-state index contributed by atoms with van der Waals surface area (Å²) < 4.78 is 5.29. The molecule has 2 aliphatic heterocycles. The summed E-state index contributed by atoms with van der Waals surface area (Å²) in [7, 11) is 0. The largest absolute Gasteiger partial charge is 0.379 e. The molecule has 3 rings (SSSR count). The van der Waals surface area contributed by atoms with Crippen LogP contribution in [-0.2, 0) is 9.53 Å². The number of benzene rings is 1. The third-order valence-corrected chi connectivity index (χ3v) is 4.82. The number of hydrogen-bond donors (Lipinski definition) is 0. The molecular formula is C17H24N2O2. The predicted molar refractivity (Wildman–Crippen MR) is 83.5 cm³/mol. The molecule has 0 aliphatic carbocycles. The number of nitrogens with zero attached hydrogens (tertiary/aromatic N) is 2. The van der Waals surface area contributed by atoms with Gasteiger partial charge in [0.25, 0.3) is 0 Å². The Hall–Kier alpha value is -1.55. The van der Waals surface area contributed by atoms with E-state index < -0.39 is 0 Å². The highest BCUT2D eigenvalue weighted by Crippen LogP contribution is 2.34. The predicted octanol–water partition coefficient (Wildman–Crippen LogP) is 2.07. The molecule has 114 valence electrons. The van der Waals surface area contributed by atoms with E-state index in [2.05, 4.69) is 43.0 Å². The van der Waals surface area contributed by atoms with Crippen molar-refractivity contribution in [2.45, 2.75) is 20.3 Å². The Bertz CT molecular complexity index is 512. The van der Waals surface area contributed by atoms with Crippen LogP contribution in [0, 0.1) is 12.3 Å². The number of piperazine rings is 1. The van der Waals surface area contributed by atoms with Gasteiger partial charge >= 0.3 is 0 Å². The van der Waals surface area contributed by atoms with Crippen molar-refractivity contribution in [1.29, 1.82) is 0 Å². The molecule has 4 heteroatoms. The molecule has 0 saturated carbocycles. The first-order valence-corrected chi connectivity index (χ1v) is 7.83. The maximum Gasteiger partial charge on any atom is 0.233 e. The molecule has 2 fully saturated rings. The van der Waals surface area contributed by atoms with Crippen molar-refractivity contribution in [1.82, 2.24) is 4.90 Å². The van der Waals surface area contributed by atoms with Crippen molar-refractivity contribution in [3.05, 3.63) is 29.8 Å². The number of amides is 1. The van der Waals surface area contributed by atoms with E-state index in [9.17, 15) is 4.79 Å². The third kappa shape index (κ3) is 2.64. The summed E-state index contributed by atoms with van der Waals surface area (Å²) >= 11 is 0. The second-order valence-corrected chi connectivity index (χ2v) is 6.24. The number of ether oxygens (including phenoxy) is 1. The Labute approximate surface area is 126 Å². The van der Waals surface area contributed by atoms with Crippen LogP contribution in [0.25, 0.3) is 0 Å². The molecule has 21 heavy (non-hydrogen) atoms. The molecule has 2 heterocycles. The van der Waals surface area contributed by atoms with Gasteiger partial charge in [-0.1, -0.05) is 19.1 Å². The Morgan fingerprint density at radius 2 is 1.95 bits per heavy atom. The molecule has 0 aromatic heterocycles. The van der Waals surface area contributed by atoms with Crippen molar-refractivity contribution in [3.8, 4) is 0 Å². The number of aryl methyl sites for hydroxylation is 1. The van der Waals surface area contributed by atoms with E-state index in [4.69, 9.17) is 4.74 Å². The number of anilines is 1. The van der Waals surface area contributed by atoms with E-state index in [1.165, 1.54) is 11.3 Å². The van der Waals surface area contributed by atoms with Crippen molar-refractivity contribution in [2.24, 2.45) is 5.41 Å². The number of rotatable bonds is 3. The summed E-state index contributed by atoms with van der Waals surface area (Å²) in [5.74, 6) is 0.292. The van der Waals surface area contributed by atoms with Crippen LogP contribution in [0.4, 0.5) is 5.69 Å². The molecule has 0 radical (unpaired) electrons. The van der Waals surface area contributed by atoms with E-state index >= 15 is 0 Å². The van der Waals surface area contributed by atoms with Gasteiger partial charge < -0.3 is 14.5 Å². The molecule has 1 aromatic rings. The minimum absolute atomic E-state index is 0.231. The summed E-state index contributed by atoms with van der Waals surface area (Å²) in [6, 6.07) is 8.58. The van der Waals surface area contributed by atoms with Gasteiger partial charge in [0.2, 0.25) is 5.91 Å². The summed E-state index contributed by atoms with van der Waals surface area (Å²) in [5.41, 5.74) is 2.31. The first-order chi connectivity index (χ1) is 10.1. The average Bonchev–Trinajstić information content (AvgIpc) is 2.47. The zero-order valence-electron chi connectivity index (χ0n) is 13.0. The van der Waals surface area contributed by atoms with E-state index in [1.54, 1.807) is 0 Å². The highest BCUT2D eigenvalue weighted by molar-refractivity contribution is 5.84. The normalized spacial score (nSPS) is 21.0. The van der Waals surface area contributed by atoms with Gasteiger partial charge in [0.15, 0.2) is 0 Å². The quantitative estimate of drug-likeness (QED) is 0.853. The Kier molecular flexibility index (Phi) is 3.89. The third-order valence-electron chi connectivity index (χ3n) is 4.82. The van der Waals surface area contributed by atoms with Crippen molar-refractivity contribution in [3.63, 3.8) is 0 Å². The number of carbonyl (C=O) groups excluding carboxylic acids is 1. The molecule has 0 N–H and O–H groups in total. The van der Waals surface area contributed by atoms with E-state index in [-0.39, 0.29) is 5.41 Å². The molecule has 0 atom stereocenters. The summed E-state index contributed by atoms with van der Waals surface area (Å²) in [5, 5.41) is 0. The fourth-order valence-corrected chi connectivity index (χ4v) is 3.16. The highest BCUT2D eigenvalue weighted by atomic mass is 16.5. The minimum atomic E-state index is -0.231. The number of carbonyl (C=O) groups is 1. The lowest BCUT2D eigenvalue weighted by Gasteiger charge is -2.45. The van der Waals surface area contributed by atoms with Gasteiger partial charge in [-0.2, -0.15) is 0 Å². The molecule has 2 saturated heterocycles. The van der Waals surface area contributed by atoms with Crippen LogP contribution in [0.15, 0.2) is 24.3 Å². The lowest BCUT2D eigenvalue weighted by Crippen LogP contribution is -2.59. The van der Waals surface area contributed by atoms with Gasteiger partial charge in [-0.15, -0.1) is 0 Å². The molecule has 4 nitrogen and oxygen atoms in total. The summed E-state index contributed by atoms with van der Waals surface area (Å²) in [6.45, 7) is 8.85. The zero-order chi connectivity index (χ0) is 14.9. The maximum atomic E-state index is 12.7. The smallest absolute Gasteiger partial charge is 0.233 e. The molecule has 1 aromatic carbocycles. The molecule has 0 spiro atoms. The monoisotopic (exact) mass is 288 g/mol. The van der Waals surface area contributed by atoms with Crippen molar-refractivity contribution < 1.29 is 9.53 Å². The lowest BCUT2D eigenvalue weighted by molar-refractivity contribution is -0.173. The topological polar surface area (TPSA) is 32.8 Å². The fourth-order valence-electron chi connectivity index (χ4n) is 3.16. The van der Waals surface area contributed by atoms with Crippen LogP contribution < -0.4 is 4.90 Å². The number of hydrogen-bond acceptors (Lipinski definition) is 3. The van der Waals surface area contributed by atoms with E-state index in [1.807, 2.05) is 4.90 Å². The highest BCUT2D eigenvalue weighted by Gasteiger charge is 2.46. The van der Waals surface area contributed by atoms with Gasteiger partial charge in [0.05, 0.1) is 18.6 Å². The van der Waals surface area contributed by atoms with Gasteiger partial charge in [-0.25, -0.2) is 0 Å². The SMILES string of the molecule is CCC1(C(=O)N2CCN(c3cccc(C)c3)CC2)COC1. The Balaban J connectivity index is 1.61. The van der Waals surface area contributed by atoms with Gasteiger partial charge in [-0.3, -0.25) is 4.79 Å². The van der Waals surface area contributed by atoms with Crippen LogP contribution in [-0.4, -0.2) is 50.2 Å². The van der Waals surface area contributed by atoms with Gasteiger partial charge in [0, 0.05) is 31.9 Å². The minimum Gasteiger partial charge on any atom is -0.379 e. The second kappa shape index (κ2) is 5.68. The molecule has 1 amide bonds. The molecule has 0 unspecified atom stereocenters. The molecule has 2 aliphatic rings. The standard InChI is InChI=1S/C17H24N2O2/c1-3-17(12-21-13-17)16(20)19-9-7-18(8-10-19)15-6-4-5-14(2)11-15/h4-6,11H,3,7-10,12-13H2,1-2H3. The van der Waals surface area contributed by atoms with Crippen molar-refractivity contribution >= 4 is 11.6 Å². The van der Waals surface area contributed by atoms with Crippen LogP contribution in [0.2, 0.25) is 0 Å². The van der Waals surface area contributed by atoms with Crippen LogP contribution in [0.5, 0.6) is 0 Å². The second-order valence-electron chi connectivity index (χ2n) is 6.24. The maximum absolute atomic E-state index is 12.7. The van der Waals surface area contributed by atoms with Gasteiger partial charge in [0.1, 0.15) is 0 Å². The zero-order valence-corrected chi connectivity index (χ0v) is 13.0. The molecule has 0 bridgehead atoms. The van der Waals surface area contributed by atoms with Crippen LogP contribution >= 0.6 is 0 Å². The Morgan fingerprint density at radius 3 is 2.48 bits per heavy atom. The van der Waals surface area contributed by atoms with E-state index in [0.29, 0.717) is 19.1 Å². The molecular weight excluding hydrogens is 264 g/mol. The van der Waals surface area contributed by atoms with E-state index in [0.717, 1.165) is 32.6 Å². The first-order valence-electron chi connectivity index (χ1n) is 7.83. The van der Waals surface area contributed by atoms with Crippen LogP contribution in [0.1, 0.15) is 18.9 Å². The Morgan fingerprint density at radius 1 is 1.24 bits per heavy atom. The van der Waals surface area contributed by atoms with Gasteiger partial charge in [-0.05, 0) is 31.0 Å². The first kappa shape index (κ1) is 14.4. The summed E-state index contributed by atoms with van der Waals surface area (Å²) in [6.07, 6.45) is 0.879. The van der Waals surface area contributed by atoms with Crippen molar-refractivity contribution in [2.75, 3.05) is 44.3 Å². The fraction of sp³-hybridized carbons (Fsp3) is 0.588. The average molecular weight is 288 g/mol. The van der Waals surface area contributed by atoms with Crippen LogP contribution in [0.3, 0.4) is 0 Å². The lowest BCUT2D eigenvalue weighted by atomic mass is 9.81.